The SMILES string of the molecule is N#CCNC1CCCC1C#N. The van der Waals surface area contributed by atoms with E-state index >= 15 is 0 Å². The van der Waals surface area contributed by atoms with Crippen molar-refractivity contribution in [1.82, 2.24) is 5.32 Å². The normalized spacial score (nSPS) is 29.3. The van der Waals surface area contributed by atoms with Crippen LogP contribution in [0.25, 0.3) is 0 Å². The van der Waals surface area contributed by atoms with Gasteiger partial charge in [0.05, 0.1) is 24.6 Å². The van der Waals surface area contributed by atoms with Crippen molar-refractivity contribution >= 4 is 0 Å². The Kier molecular flexibility index (Phi) is 2.89. The van der Waals surface area contributed by atoms with Crippen LogP contribution < -0.4 is 5.32 Å². The Morgan fingerprint density at radius 1 is 1.36 bits per heavy atom. The lowest BCUT2D eigenvalue weighted by molar-refractivity contribution is 0.490. The van der Waals surface area contributed by atoms with E-state index < -0.39 is 0 Å². The molecule has 1 N–H and O–H groups in total. The first-order valence-electron chi connectivity index (χ1n) is 3.88. The van der Waals surface area contributed by atoms with Crippen LogP contribution >= 0.6 is 0 Å². The van der Waals surface area contributed by atoms with Crippen LogP contribution in [0, 0.1) is 28.6 Å². The minimum atomic E-state index is 0.128. The summed E-state index contributed by atoms with van der Waals surface area (Å²) in [6.45, 7) is 0.364. The zero-order valence-electron chi connectivity index (χ0n) is 6.38. The first-order chi connectivity index (χ1) is 5.38. The Labute approximate surface area is 66.6 Å². The van der Waals surface area contributed by atoms with Crippen LogP contribution in [0.3, 0.4) is 0 Å². The molecule has 0 aromatic rings. The Hall–Kier alpha value is -1.06. The van der Waals surface area contributed by atoms with Crippen LogP contribution in [0.15, 0.2) is 0 Å². The molecule has 11 heavy (non-hydrogen) atoms. The minimum Gasteiger partial charge on any atom is -0.300 e. The number of hydrogen-bond donors (Lipinski definition) is 1. The molecule has 0 spiro atoms. The molecule has 0 aliphatic heterocycles. The van der Waals surface area contributed by atoms with Crippen molar-refractivity contribution in [2.45, 2.75) is 25.3 Å². The molecule has 0 bridgehead atoms. The number of nitrogens with zero attached hydrogens (tertiary/aromatic N) is 2. The van der Waals surface area contributed by atoms with Gasteiger partial charge in [0.25, 0.3) is 0 Å². The Morgan fingerprint density at radius 3 is 2.82 bits per heavy atom. The molecule has 1 aliphatic carbocycles. The topological polar surface area (TPSA) is 59.6 Å². The summed E-state index contributed by atoms with van der Waals surface area (Å²) in [5.74, 6) is 0.128. The van der Waals surface area contributed by atoms with E-state index in [4.69, 9.17) is 10.5 Å². The van der Waals surface area contributed by atoms with Gasteiger partial charge in [-0.25, -0.2) is 0 Å². The molecule has 1 aliphatic rings. The summed E-state index contributed by atoms with van der Waals surface area (Å²) in [5.41, 5.74) is 0. The standard InChI is InChI=1S/C8H11N3/c9-4-5-11-8-3-1-2-7(8)6-10/h7-8,11H,1-3,5H2. The molecule has 0 radical (unpaired) electrons. The zero-order chi connectivity index (χ0) is 8.10. The summed E-state index contributed by atoms with van der Waals surface area (Å²) in [4.78, 5) is 0. The van der Waals surface area contributed by atoms with Gasteiger partial charge in [0.15, 0.2) is 0 Å². The van der Waals surface area contributed by atoms with Gasteiger partial charge in [-0.15, -0.1) is 0 Å². The molecular weight excluding hydrogens is 138 g/mol. The van der Waals surface area contributed by atoms with Crippen molar-refractivity contribution in [2.75, 3.05) is 6.54 Å². The molecule has 0 heterocycles. The first kappa shape index (κ1) is 8.04. The second-order valence-electron chi connectivity index (χ2n) is 2.81. The van der Waals surface area contributed by atoms with E-state index in [0.29, 0.717) is 6.54 Å². The molecule has 58 valence electrons. The molecule has 1 saturated carbocycles. The highest BCUT2D eigenvalue weighted by Gasteiger charge is 2.25. The average Bonchev–Trinajstić information content (AvgIpc) is 2.47. The Bertz CT molecular complexity index is 198. The van der Waals surface area contributed by atoms with Gasteiger partial charge >= 0.3 is 0 Å². The highest BCUT2D eigenvalue weighted by atomic mass is 14.9. The van der Waals surface area contributed by atoms with Crippen molar-refractivity contribution in [1.29, 1.82) is 10.5 Å². The molecule has 2 unspecified atom stereocenters. The second kappa shape index (κ2) is 3.95. The molecule has 0 aromatic carbocycles. The van der Waals surface area contributed by atoms with Gasteiger partial charge in [-0.3, -0.25) is 0 Å². The summed E-state index contributed by atoms with van der Waals surface area (Å²) in [6, 6.07) is 4.53. The van der Waals surface area contributed by atoms with Crippen LogP contribution in [0.5, 0.6) is 0 Å². The van der Waals surface area contributed by atoms with E-state index in [1.165, 1.54) is 0 Å². The van der Waals surface area contributed by atoms with E-state index in [1.807, 2.05) is 6.07 Å². The van der Waals surface area contributed by atoms with Gasteiger partial charge in [-0.2, -0.15) is 10.5 Å². The molecular formula is C8H11N3. The van der Waals surface area contributed by atoms with Gasteiger partial charge in [0, 0.05) is 6.04 Å². The summed E-state index contributed by atoms with van der Waals surface area (Å²) in [5, 5.41) is 20.0. The van der Waals surface area contributed by atoms with E-state index in [1.54, 1.807) is 0 Å². The predicted octanol–water partition coefficient (Wildman–Crippen LogP) is 0.792. The molecule has 0 amide bonds. The molecule has 3 nitrogen and oxygen atoms in total. The van der Waals surface area contributed by atoms with Crippen LogP contribution in [-0.2, 0) is 0 Å². The maximum Gasteiger partial charge on any atom is 0.0843 e. The summed E-state index contributed by atoms with van der Waals surface area (Å²) in [7, 11) is 0. The van der Waals surface area contributed by atoms with Gasteiger partial charge in [0.1, 0.15) is 0 Å². The summed E-state index contributed by atoms with van der Waals surface area (Å²) >= 11 is 0. The van der Waals surface area contributed by atoms with E-state index in [9.17, 15) is 0 Å². The molecule has 0 saturated heterocycles. The first-order valence-corrected chi connectivity index (χ1v) is 3.88. The lowest BCUT2D eigenvalue weighted by atomic mass is 10.1. The molecule has 3 heteroatoms. The molecule has 2 atom stereocenters. The van der Waals surface area contributed by atoms with Crippen molar-refractivity contribution < 1.29 is 0 Å². The summed E-state index contributed by atoms with van der Waals surface area (Å²) in [6.07, 6.45) is 3.14. The van der Waals surface area contributed by atoms with E-state index in [2.05, 4.69) is 11.4 Å². The van der Waals surface area contributed by atoms with Gasteiger partial charge in [0.2, 0.25) is 0 Å². The van der Waals surface area contributed by atoms with Gasteiger partial charge in [-0.05, 0) is 12.8 Å². The molecule has 1 rings (SSSR count). The monoisotopic (exact) mass is 149 g/mol. The van der Waals surface area contributed by atoms with Crippen molar-refractivity contribution in [3.05, 3.63) is 0 Å². The number of nitriles is 2. The maximum atomic E-state index is 8.66. The third-order valence-corrected chi connectivity index (χ3v) is 2.13. The maximum absolute atomic E-state index is 8.66. The lowest BCUT2D eigenvalue weighted by Gasteiger charge is -2.11. The largest absolute Gasteiger partial charge is 0.300 e. The van der Waals surface area contributed by atoms with Crippen LogP contribution in [0.1, 0.15) is 19.3 Å². The average molecular weight is 149 g/mol. The van der Waals surface area contributed by atoms with E-state index in [0.717, 1.165) is 19.3 Å². The van der Waals surface area contributed by atoms with Gasteiger partial charge < -0.3 is 5.32 Å². The Morgan fingerprint density at radius 2 is 2.18 bits per heavy atom. The fourth-order valence-electron chi connectivity index (χ4n) is 1.54. The van der Waals surface area contributed by atoms with Crippen LogP contribution in [-0.4, -0.2) is 12.6 Å². The van der Waals surface area contributed by atoms with Crippen LogP contribution in [0.4, 0.5) is 0 Å². The number of nitrogens with one attached hydrogen (secondary N) is 1. The third-order valence-electron chi connectivity index (χ3n) is 2.13. The predicted molar refractivity (Wildman–Crippen MR) is 40.4 cm³/mol. The highest BCUT2D eigenvalue weighted by Crippen LogP contribution is 2.24. The fraction of sp³-hybridized carbons (Fsp3) is 0.750. The second-order valence-corrected chi connectivity index (χ2v) is 2.81. The highest BCUT2D eigenvalue weighted by molar-refractivity contribution is 4.97. The van der Waals surface area contributed by atoms with Crippen molar-refractivity contribution in [3.63, 3.8) is 0 Å². The number of rotatable bonds is 2. The number of hydrogen-bond acceptors (Lipinski definition) is 3. The van der Waals surface area contributed by atoms with E-state index in [-0.39, 0.29) is 12.0 Å². The van der Waals surface area contributed by atoms with Crippen LogP contribution in [0.2, 0.25) is 0 Å². The lowest BCUT2D eigenvalue weighted by Crippen LogP contribution is -2.31. The fourth-order valence-corrected chi connectivity index (χ4v) is 1.54. The minimum absolute atomic E-state index is 0.128. The molecule has 1 fully saturated rings. The molecule has 0 aromatic heterocycles. The Balaban J connectivity index is 2.34. The van der Waals surface area contributed by atoms with Crippen molar-refractivity contribution in [2.24, 2.45) is 5.92 Å². The van der Waals surface area contributed by atoms with Crippen molar-refractivity contribution in [3.8, 4) is 12.1 Å². The third kappa shape index (κ3) is 1.93. The summed E-state index contributed by atoms with van der Waals surface area (Å²) < 4.78 is 0. The zero-order valence-corrected chi connectivity index (χ0v) is 6.38. The smallest absolute Gasteiger partial charge is 0.0843 e. The quantitative estimate of drug-likeness (QED) is 0.590. The van der Waals surface area contributed by atoms with Gasteiger partial charge in [-0.1, -0.05) is 6.42 Å².